The van der Waals surface area contributed by atoms with Crippen molar-refractivity contribution in [2.24, 2.45) is 0 Å². The quantitative estimate of drug-likeness (QED) is 0.490. The number of nitrogens with one attached hydrogen (secondary N) is 1. The first-order valence-electron chi connectivity index (χ1n) is 14.2. The van der Waals surface area contributed by atoms with Crippen molar-refractivity contribution in [1.29, 1.82) is 0 Å². The highest BCUT2D eigenvalue weighted by Gasteiger charge is 2.36. The normalized spacial score (nSPS) is 20.7. The van der Waals surface area contributed by atoms with Crippen LogP contribution in [0.3, 0.4) is 0 Å². The number of carbonyl (C=O) groups is 2. The Morgan fingerprint density at radius 3 is 2.55 bits per heavy atom. The first-order valence-corrected chi connectivity index (χ1v) is 14.2. The summed E-state index contributed by atoms with van der Waals surface area (Å²) in [6, 6.07) is 4.46. The van der Waals surface area contributed by atoms with E-state index in [0.717, 1.165) is 58.3 Å². The van der Waals surface area contributed by atoms with E-state index in [1.165, 1.54) is 11.3 Å². The molecule has 38 heavy (non-hydrogen) atoms. The van der Waals surface area contributed by atoms with Gasteiger partial charge in [0.15, 0.2) is 0 Å². The Morgan fingerprint density at radius 2 is 1.84 bits per heavy atom. The zero-order chi connectivity index (χ0) is 27.9. The molecule has 9 nitrogen and oxygen atoms in total. The van der Waals surface area contributed by atoms with Gasteiger partial charge in [-0.05, 0) is 98.9 Å². The second kappa shape index (κ2) is 13.1. The zero-order valence-corrected chi connectivity index (χ0v) is 24.6. The van der Waals surface area contributed by atoms with Crippen LogP contribution >= 0.6 is 0 Å². The number of hydrogen-bond acceptors (Lipinski definition) is 7. The molecule has 1 saturated heterocycles. The van der Waals surface area contributed by atoms with Crippen molar-refractivity contribution < 1.29 is 19.1 Å². The van der Waals surface area contributed by atoms with Gasteiger partial charge in [0.2, 0.25) is 0 Å². The maximum absolute atomic E-state index is 13.2. The highest BCUT2D eigenvalue weighted by molar-refractivity contribution is 5.69. The molecule has 2 heterocycles. The maximum atomic E-state index is 13.2. The molecule has 1 aromatic rings. The van der Waals surface area contributed by atoms with Crippen LogP contribution in [0.5, 0.6) is 0 Å². The Hall–Kier alpha value is -2.39. The summed E-state index contributed by atoms with van der Waals surface area (Å²) in [6.07, 6.45) is 6.28. The van der Waals surface area contributed by atoms with E-state index in [0.29, 0.717) is 13.1 Å². The van der Waals surface area contributed by atoms with Gasteiger partial charge >= 0.3 is 12.2 Å². The number of unbranched alkanes of at least 4 members (excludes halogenated alkanes) is 1. The highest BCUT2D eigenvalue weighted by atomic mass is 16.6. The molecule has 3 rings (SSSR count). The summed E-state index contributed by atoms with van der Waals surface area (Å²) >= 11 is 0. The van der Waals surface area contributed by atoms with Crippen molar-refractivity contribution in [3.63, 3.8) is 0 Å². The molecule has 1 aromatic heterocycles. The third-order valence-corrected chi connectivity index (χ3v) is 6.91. The number of alkyl carbamates (subject to hydrolysis) is 1. The number of fused-ring (bicyclic) bond motifs is 1. The SMILES string of the molecule is CN1CCN(C(=O)OC(C)(C)C)[C@H](CN(CCCCNC(=O)OC(C)(C)C)[C@H]2CCCc3cccnc32)C1. The molecule has 1 aliphatic heterocycles. The van der Waals surface area contributed by atoms with E-state index in [1.54, 1.807) is 0 Å². The lowest BCUT2D eigenvalue weighted by molar-refractivity contribution is -0.00787. The van der Waals surface area contributed by atoms with Gasteiger partial charge in [0, 0.05) is 38.9 Å². The summed E-state index contributed by atoms with van der Waals surface area (Å²) in [5.74, 6) is 0. The predicted molar refractivity (Wildman–Crippen MR) is 149 cm³/mol. The first-order chi connectivity index (χ1) is 17.8. The van der Waals surface area contributed by atoms with E-state index in [1.807, 2.05) is 58.7 Å². The summed E-state index contributed by atoms with van der Waals surface area (Å²) < 4.78 is 11.1. The fourth-order valence-corrected chi connectivity index (χ4v) is 5.26. The Bertz CT molecular complexity index is 926. The van der Waals surface area contributed by atoms with Gasteiger partial charge in [-0.15, -0.1) is 0 Å². The smallest absolute Gasteiger partial charge is 0.410 e. The minimum Gasteiger partial charge on any atom is -0.444 e. The van der Waals surface area contributed by atoms with Gasteiger partial charge in [-0.1, -0.05) is 6.07 Å². The number of rotatable bonds is 8. The number of aryl methyl sites for hydroxylation is 1. The molecule has 0 unspecified atom stereocenters. The summed E-state index contributed by atoms with van der Waals surface area (Å²) in [4.78, 5) is 36.7. The molecule has 9 heteroatoms. The number of piperazine rings is 1. The van der Waals surface area contributed by atoms with E-state index >= 15 is 0 Å². The lowest BCUT2D eigenvalue weighted by Gasteiger charge is -2.44. The third-order valence-electron chi connectivity index (χ3n) is 6.91. The van der Waals surface area contributed by atoms with Crippen LogP contribution in [0.15, 0.2) is 18.3 Å². The van der Waals surface area contributed by atoms with E-state index in [9.17, 15) is 9.59 Å². The molecule has 0 aromatic carbocycles. The molecule has 0 spiro atoms. The highest BCUT2D eigenvalue weighted by Crippen LogP contribution is 2.33. The van der Waals surface area contributed by atoms with Gasteiger partial charge in [-0.25, -0.2) is 9.59 Å². The van der Waals surface area contributed by atoms with Gasteiger partial charge in [0.05, 0.1) is 17.8 Å². The Kier molecular flexibility index (Phi) is 10.4. The minimum atomic E-state index is -0.530. The third kappa shape index (κ3) is 9.42. The van der Waals surface area contributed by atoms with Crippen LogP contribution in [0.1, 0.15) is 84.5 Å². The van der Waals surface area contributed by atoms with Crippen LogP contribution in [0, 0.1) is 0 Å². The Labute approximate surface area is 229 Å². The van der Waals surface area contributed by atoms with E-state index < -0.39 is 11.2 Å². The average Bonchev–Trinajstić information content (AvgIpc) is 2.80. The van der Waals surface area contributed by atoms with Crippen LogP contribution in [0.4, 0.5) is 9.59 Å². The molecular weight excluding hydrogens is 482 g/mol. The number of aromatic nitrogens is 1. The van der Waals surface area contributed by atoms with Gasteiger partial charge < -0.3 is 24.6 Å². The molecule has 1 aliphatic carbocycles. The summed E-state index contributed by atoms with van der Waals surface area (Å²) in [5.41, 5.74) is 1.46. The molecule has 2 aliphatic rings. The number of carbonyl (C=O) groups excluding carboxylic acids is 2. The van der Waals surface area contributed by atoms with Gasteiger partial charge in [-0.2, -0.15) is 0 Å². The fourth-order valence-electron chi connectivity index (χ4n) is 5.26. The molecule has 2 atom stereocenters. The van der Waals surface area contributed by atoms with Crippen molar-refractivity contribution in [1.82, 2.24) is 25.0 Å². The number of hydrogen-bond donors (Lipinski definition) is 1. The first kappa shape index (κ1) is 30.2. The minimum absolute atomic E-state index is 0.0255. The maximum Gasteiger partial charge on any atom is 0.410 e. The molecule has 1 fully saturated rings. The van der Waals surface area contributed by atoms with Gasteiger partial charge in [0.1, 0.15) is 11.2 Å². The molecule has 0 radical (unpaired) electrons. The molecule has 0 saturated carbocycles. The summed E-state index contributed by atoms with van der Waals surface area (Å²) in [6.45, 7) is 15.8. The molecule has 0 bridgehead atoms. The van der Waals surface area contributed by atoms with Crippen LogP contribution in [-0.4, -0.2) is 95.4 Å². The van der Waals surface area contributed by atoms with Gasteiger partial charge in [0.25, 0.3) is 0 Å². The standard InChI is InChI=1S/C29H49N5O4/c1-28(2,3)37-26(35)31-15-8-9-17-33(24-14-10-12-22-13-11-16-30-25(22)24)21-23-20-32(7)18-19-34(23)27(36)38-29(4,5)6/h11,13,16,23-24H,8-10,12,14-15,17-21H2,1-7H3,(H,31,35)/t23-,24-/m0/s1. The predicted octanol–water partition coefficient (Wildman–Crippen LogP) is 4.62. The Morgan fingerprint density at radius 1 is 1.11 bits per heavy atom. The van der Waals surface area contributed by atoms with Gasteiger partial charge in [-0.3, -0.25) is 9.88 Å². The lowest BCUT2D eigenvalue weighted by Crippen LogP contribution is -2.59. The molecular formula is C29H49N5O4. The zero-order valence-electron chi connectivity index (χ0n) is 24.6. The van der Waals surface area contributed by atoms with E-state index in [4.69, 9.17) is 14.5 Å². The molecule has 1 N–H and O–H groups in total. The van der Waals surface area contributed by atoms with Crippen LogP contribution < -0.4 is 5.32 Å². The van der Waals surface area contributed by atoms with Crippen LogP contribution in [-0.2, 0) is 15.9 Å². The summed E-state index contributed by atoms with van der Waals surface area (Å²) in [7, 11) is 2.11. The number of nitrogens with zero attached hydrogens (tertiary/aromatic N) is 4. The van der Waals surface area contributed by atoms with Crippen molar-refractivity contribution in [2.45, 2.75) is 96.9 Å². The topological polar surface area (TPSA) is 87.2 Å². The number of ether oxygens (including phenoxy) is 2. The van der Waals surface area contributed by atoms with Crippen molar-refractivity contribution in [3.8, 4) is 0 Å². The van der Waals surface area contributed by atoms with Crippen molar-refractivity contribution >= 4 is 12.2 Å². The second-order valence-electron chi connectivity index (χ2n) is 12.7. The Balaban J connectivity index is 1.71. The second-order valence-corrected chi connectivity index (χ2v) is 12.7. The largest absolute Gasteiger partial charge is 0.444 e. The molecule has 2 amide bonds. The fraction of sp³-hybridized carbons (Fsp3) is 0.759. The number of likely N-dealkylation sites (N-methyl/N-ethyl adjacent to an activating group) is 1. The molecule has 214 valence electrons. The lowest BCUT2D eigenvalue weighted by atomic mass is 9.90. The van der Waals surface area contributed by atoms with Crippen molar-refractivity contribution in [2.75, 3.05) is 46.3 Å². The van der Waals surface area contributed by atoms with E-state index in [2.05, 4.69) is 28.2 Å². The summed E-state index contributed by atoms with van der Waals surface area (Å²) in [5, 5.41) is 2.87. The monoisotopic (exact) mass is 531 g/mol. The van der Waals surface area contributed by atoms with Crippen LogP contribution in [0.2, 0.25) is 0 Å². The van der Waals surface area contributed by atoms with Crippen molar-refractivity contribution in [3.05, 3.63) is 29.6 Å². The van der Waals surface area contributed by atoms with Crippen LogP contribution in [0.25, 0.3) is 0 Å². The van der Waals surface area contributed by atoms with E-state index in [-0.39, 0.29) is 24.3 Å². The average molecular weight is 532 g/mol. The number of amides is 2. The number of pyridine rings is 1.